The fourth-order valence-electron chi connectivity index (χ4n) is 4.15. The predicted molar refractivity (Wildman–Crippen MR) is 122 cm³/mol. The summed E-state index contributed by atoms with van der Waals surface area (Å²) in [5.41, 5.74) is 0.330. The molecule has 2 aliphatic rings. The summed E-state index contributed by atoms with van der Waals surface area (Å²) in [4.78, 5) is 11.6. The molecule has 8 nitrogen and oxygen atoms in total. The Morgan fingerprint density at radius 2 is 1.96 bits per heavy atom. The molecular formula is C19H36IN7O. The number of morpholine rings is 1. The average molecular weight is 505 g/mol. The maximum Gasteiger partial charge on any atom is 0.191 e. The van der Waals surface area contributed by atoms with Gasteiger partial charge in [-0.2, -0.15) is 5.10 Å². The van der Waals surface area contributed by atoms with Gasteiger partial charge in [-0.3, -0.25) is 9.58 Å². The molecule has 1 saturated heterocycles. The minimum Gasteiger partial charge on any atom is -0.379 e. The van der Waals surface area contributed by atoms with Gasteiger partial charge in [0.2, 0.25) is 0 Å². The molecule has 9 heteroatoms. The first kappa shape index (κ1) is 23.3. The molecule has 2 N–H and O–H groups in total. The second kappa shape index (κ2) is 11.9. The van der Waals surface area contributed by atoms with Crippen molar-refractivity contribution >= 4 is 29.9 Å². The number of nitrogens with one attached hydrogen (secondary N) is 2. The second-order valence-corrected chi connectivity index (χ2v) is 7.80. The zero-order valence-electron chi connectivity index (χ0n) is 17.3. The first-order valence-electron chi connectivity index (χ1n) is 10.4. The smallest absolute Gasteiger partial charge is 0.191 e. The van der Waals surface area contributed by atoms with Gasteiger partial charge in [0.1, 0.15) is 18.7 Å². The Labute approximate surface area is 185 Å². The molecule has 1 aliphatic heterocycles. The summed E-state index contributed by atoms with van der Waals surface area (Å²) in [5.74, 6) is 1.74. The largest absolute Gasteiger partial charge is 0.379 e. The lowest BCUT2D eigenvalue weighted by Crippen LogP contribution is -2.51. The number of guanidine groups is 1. The van der Waals surface area contributed by atoms with Crippen LogP contribution in [0.3, 0.4) is 0 Å². The van der Waals surface area contributed by atoms with Crippen LogP contribution in [0, 0.1) is 5.41 Å². The van der Waals surface area contributed by atoms with Crippen LogP contribution in [0.25, 0.3) is 0 Å². The molecule has 0 spiro atoms. The minimum atomic E-state index is 0. The van der Waals surface area contributed by atoms with Gasteiger partial charge in [-0.05, 0) is 19.8 Å². The Bertz CT molecular complexity index is 595. The van der Waals surface area contributed by atoms with E-state index in [-0.39, 0.29) is 24.0 Å². The first-order valence-corrected chi connectivity index (χ1v) is 10.4. The van der Waals surface area contributed by atoms with Crippen LogP contribution in [-0.4, -0.2) is 71.6 Å². The lowest BCUT2D eigenvalue weighted by Gasteiger charge is -2.42. The molecule has 1 saturated carbocycles. The zero-order chi connectivity index (χ0) is 19.0. The number of rotatable bonds is 7. The third-order valence-corrected chi connectivity index (χ3v) is 5.74. The van der Waals surface area contributed by atoms with Crippen LogP contribution in [0.15, 0.2) is 11.3 Å². The van der Waals surface area contributed by atoms with E-state index in [9.17, 15) is 0 Å². The number of aliphatic imine (C=N–C) groups is 1. The van der Waals surface area contributed by atoms with Crippen molar-refractivity contribution < 1.29 is 4.74 Å². The molecule has 0 amide bonds. The third-order valence-electron chi connectivity index (χ3n) is 5.74. The van der Waals surface area contributed by atoms with E-state index in [0.29, 0.717) is 12.0 Å². The van der Waals surface area contributed by atoms with Gasteiger partial charge < -0.3 is 15.4 Å². The maximum atomic E-state index is 5.53. The highest BCUT2D eigenvalue weighted by molar-refractivity contribution is 14.0. The predicted octanol–water partition coefficient (Wildman–Crippen LogP) is 1.77. The van der Waals surface area contributed by atoms with Crippen LogP contribution in [0.1, 0.15) is 44.9 Å². The number of aryl methyl sites for hydroxylation is 1. The van der Waals surface area contributed by atoms with Gasteiger partial charge in [0.05, 0.1) is 13.2 Å². The van der Waals surface area contributed by atoms with Crippen molar-refractivity contribution in [2.75, 3.05) is 45.9 Å². The van der Waals surface area contributed by atoms with Crippen molar-refractivity contribution in [2.24, 2.45) is 17.5 Å². The molecule has 0 aromatic carbocycles. The molecule has 1 aromatic heterocycles. The van der Waals surface area contributed by atoms with Crippen LogP contribution in [0.2, 0.25) is 0 Å². The van der Waals surface area contributed by atoms with Crippen LogP contribution in [0.5, 0.6) is 0 Å². The molecule has 3 rings (SSSR count). The lowest BCUT2D eigenvalue weighted by atomic mass is 9.73. The van der Waals surface area contributed by atoms with E-state index in [4.69, 9.17) is 9.73 Å². The van der Waals surface area contributed by atoms with E-state index in [1.165, 1.54) is 32.1 Å². The van der Waals surface area contributed by atoms with Gasteiger partial charge in [-0.25, -0.2) is 9.98 Å². The van der Waals surface area contributed by atoms with Crippen LogP contribution >= 0.6 is 24.0 Å². The minimum absolute atomic E-state index is 0. The quantitative estimate of drug-likeness (QED) is 0.334. The Morgan fingerprint density at radius 1 is 1.21 bits per heavy atom. The highest BCUT2D eigenvalue weighted by atomic mass is 127. The number of nitrogens with zero attached hydrogens (tertiary/aromatic N) is 5. The Balaban J connectivity index is 0.00000280. The number of halogens is 1. The van der Waals surface area contributed by atoms with Crippen LogP contribution < -0.4 is 10.6 Å². The summed E-state index contributed by atoms with van der Waals surface area (Å²) in [5, 5.41) is 11.1. The highest BCUT2D eigenvalue weighted by Gasteiger charge is 2.34. The van der Waals surface area contributed by atoms with Crippen molar-refractivity contribution in [1.29, 1.82) is 0 Å². The SMILES string of the molecule is CCNC(=NCc1ncnn1C)NCC1(CN2CCOCC2)CCCCC1.I. The number of aromatic nitrogens is 3. The summed E-state index contributed by atoms with van der Waals surface area (Å²) in [6.45, 7) is 9.45. The molecule has 0 bridgehead atoms. The lowest BCUT2D eigenvalue weighted by molar-refractivity contribution is 0.00820. The molecule has 0 unspecified atom stereocenters. The molecule has 28 heavy (non-hydrogen) atoms. The fourth-order valence-corrected chi connectivity index (χ4v) is 4.15. The van der Waals surface area contributed by atoms with Gasteiger partial charge >= 0.3 is 0 Å². The van der Waals surface area contributed by atoms with Gasteiger partial charge in [0.25, 0.3) is 0 Å². The van der Waals surface area contributed by atoms with Crippen molar-refractivity contribution in [3.63, 3.8) is 0 Å². The summed E-state index contributed by atoms with van der Waals surface area (Å²) in [6.07, 6.45) is 8.19. The van der Waals surface area contributed by atoms with Gasteiger partial charge in [-0.1, -0.05) is 19.3 Å². The molecule has 160 valence electrons. The Morgan fingerprint density at radius 3 is 2.61 bits per heavy atom. The summed E-state index contributed by atoms with van der Waals surface area (Å²) in [6, 6.07) is 0. The van der Waals surface area contributed by atoms with Crippen molar-refractivity contribution in [2.45, 2.75) is 45.6 Å². The molecular weight excluding hydrogens is 469 g/mol. The zero-order valence-corrected chi connectivity index (χ0v) is 19.7. The van der Waals surface area contributed by atoms with Gasteiger partial charge in [0, 0.05) is 45.2 Å². The highest BCUT2D eigenvalue weighted by Crippen LogP contribution is 2.36. The molecule has 1 aliphatic carbocycles. The van der Waals surface area contributed by atoms with Crippen LogP contribution in [0.4, 0.5) is 0 Å². The van der Waals surface area contributed by atoms with Crippen molar-refractivity contribution in [3.8, 4) is 0 Å². The summed E-state index contributed by atoms with van der Waals surface area (Å²) < 4.78 is 7.30. The number of hydrogen-bond acceptors (Lipinski definition) is 5. The van der Waals surface area contributed by atoms with E-state index in [0.717, 1.165) is 57.7 Å². The van der Waals surface area contributed by atoms with E-state index < -0.39 is 0 Å². The van der Waals surface area contributed by atoms with E-state index >= 15 is 0 Å². The standard InChI is InChI=1S/C19H35N7O.HI/c1-3-20-18(21-13-17-23-16-24-25(17)2)22-14-19(7-5-4-6-8-19)15-26-9-11-27-12-10-26;/h16H,3-15H2,1-2H3,(H2,20,21,22);1H. The van der Waals surface area contributed by atoms with Crippen LogP contribution in [-0.2, 0) is 18.3 Å². The third kappa shape index (κ3) is 6.84. The summed E-state index contributed by atoms with van der Waals surface area (Å²) in [7, 11) is 1.90. The molecule has 0 radical (unpaired) electrons. The fraction of sp³-hybridized carbons (Fsp3) is 0.842. The molecule has 2 fully saturated rings. The van der Waals surface area contributed by atoms with E-state index in [1.807, 2.05) is 7.05 Å². The van der Waals surface area contributed by atoms with Crippen molar-refractivity contribution in [3.05, 3.63) is 12.2 Å². The topological polar surface area (TPSA) is 79.6 Å². The van der Waals surface area contributed by atoms with Gasteiger partial charge in [0.15, 0.2) is 5.96 Å². The number of ether oxygens (including phenoxy) is 1. The van der Waals surface area contributed by atoms with Gasteiger partial charge in [-0.15, -0.1) is 24.0 Å². The Hall–Kier alpha value is -0.940. The second-order valence-electron chi connectivity index (χ2n) is 7.80. The number of hydrogen-bond donors (Lipinski definition) is 2. The summed E-state index contributed by atoms with van der Waals surface area (Å²) >= 11 is 0. The Kier molecular flexibility index (Phi) is 9.93. The normalized spacial score (nSPS) is 20.4. The van der Waals surface area contributed by atoms with Crippen molar-refractivity contribution in [1.82, 2.24) is 30.3 Å². The molecule has 1 aromatic rings. The maximum absolute atomic E-state index is 5.53. The van der Waals surface area contributed by atoms with E-state index in [1.54, 1.807) is 11.0 Å². The molecule has 2 heterocycles. The monoisotopic (exact) mass is 505 g/mol. The van der Waals surface area contributed by atoms with E-state index in [2.05, 4.69) is 32.5 Å². The first-order chi connectivity index (χ1) is 13.2. The average Bonchev–Trinajstić information content (AvgIpc) is 3.10. The molecule has 0 atom stereocenters.